The average molecular weight is 559 g/mol. The van der Waals surface area contributed by atoms with Crippen LogP contribution in [0.5, 0.6) is 11.5 Å². The predicted octanol–water partition coefficient (Wildman–Crippen LogP) is 11.8. The molecule has 42 heavy (non-hydrogen) atoms. The second-order valence-electron chi connectivity index (χ2n) is 12.7. The van der Waals surface area contributed by atoms with E-state index in [4.69, 9.17) is 0 Å². The Morgan fingerprint density at radius 3 is 1.07 bits per heavy atom. The summed E-state index contributed by atoms with van der Waals surface area (Å²) in [5.41, 5.74) is 8.36. The highest BCUT2D eigenvalue weighted by Gasteiger charge is 2.24. The zero-order valence-corrected chi connectivity index (χ0v) is 25.0. The van der Waals surface area contributed by atoms with Crippen molar-refractivity contribution in [3.63, 3.8) is 0 Å². The van der Waals surface area contributed by atoms with Crippen LogP contribution in [0.15, 0.2) is 84.9 Å². The minimum atomic E-state index is 0.364. The van der Waals surface area contributed by atoms with Crippen molar-refractivity contribution in [3.05, 3.63) is 96.1 Å². The summed E-state index contributed by atoms with van der Waals surface area (Å²) in [5, 5.41) is 23.6. The van der Waals surface area contributed by atoms with Crippen LogP contribution in [0, 0.1) is 0 Å². The summed E-state index contributed by atoms with van der Waals surface area (Å²) in [6.45, 7) is 0. The van der Waals surface area contributed by atoms with E-state index in [0.717, 1.165) is 70.2 Å². The molecule has 0 bridgehead atoms. The topological polar surface area (TPSA) is 40.5 Å². The molecule has 2 heteroatoms. The quantitative estimate of drug-likeness (QED) is 0.256. The fraction of sp³-hybridized carbons (Fsp3) is 0.400. The third-order valence-corrected chi connectivity index (χ3v) is 9.87. The Balaban J connectivity index is 1.53. The maximum atomic E-state index is 11.8. The van der Waals surface area contributed by atoms with Crippen molar-refractivity contribution in [2.45, 2.75) is 102 Å². The number of rotatable bonds is 5. The van der Waals surface area contributed by atoms with Gasteiger partial charge in [-0.25, -0.2) is 0 Å². The molecule has 2 fully saturated rings. The van der Waals surface area contributed by atoms with Crippen molar-refractivity contribution >= 4 is 0 Å². The third-order valence-electron chi connectivity index (χ3n) is 9.87. The summed E-state index contributed by atoms with van der Waals surface area (Å²) in [6.07, 6.45) is 17.2. The van der Waals surface area contributed by atoms with Gasteiger partial charge < -0.3 is 10.2 Å². The number of hydrogen-bond acceptors (Lipinski definition) is 2. The van der Waals surface area contributed by atoms with Gasteiger partial charge in [0.1, 0.15) is 11.5 Å². The fourth-order valence-corrected chi connectivity index (χ4v) is 7.48. The van der Waals surface area contributed by atoms with E-state index in [-0.39, 0.29) is 0 Å². The molecular weight excluding hydrogens is 512 g/mol. The van der Waals surface area contributed by atoms with Crippen LogP contribution in [0.4, 0.5) is 0 Å². The first-order chi connectivity index (χ1) is 20.7. The predicted molar refractivity (Wildman–Crippen MR) is 176 cm³/mol. The van der Waals surface area contributed by atoms with Gasteiger partial charge in [-0.05, 0) is 95.2 Å². The molecule has 2 saturated carbocycles. The lowest BCUT2D eigenvalue weighted by Gasteiger charge is -2.25. The second kappa shape index (κ2) is 13.6. The summed E-state index contributed by atoms with van der Waals surface area (Å²) in [4.78, 5) is 0. The maximum absolute atomic E-state index is 11.8. The van der Waals surface area contributed by atoms with Crippen molar-refractivity contribution in [2.24, 2.45) is 0 Å². The molecular formula is C40H46O2. The average Bonchev–Trinajstić information content (AvgIpc) is 2.99. The van der Waals surface area contributed by atoms with E-state index in [9.17, 15) is 10.2 Å². The van der Waals surface area contributed by atoms with Crippen molar-refractivity contribution in [1.82, 2.24) is 0 Å². The van der Waals surface area contributed by atoms with Gasteiger partial charge in [0, 0.05) is 11.1 Å². The number of benzene rings is 4. The Labute approximate surface area is 252 Å². The van der Waals surface area contributed by atoms with Crippen LogP contribution in [-0.4, -0.2) is 10.2 Å². The molecule has 0 radical (unpaired) electrons. The van der Waals surface area contributed by atoms with Crippen molar-refractivity contribution in [3.8, 4) is 44.9 Å². The molecule has 0 heterocycles. The third kappa shape index (κ3) is 6.43. The lowest BCUT2D eigenvalue weighted by molar-refractivity contribution is 0.425. The number of hydrogen-bond donors (Lipinski definition) is 2. The molecule has 0 unspecified atom stereocenters. The zero-order chi connectivity index (χ0) is 28.7. The number of phenols is 2. The molecule has 0 spiro atoms. The van der Waals surface area contributed by atoms with Gasteiger partial charge in [-0.15, -0.1) is 0 Å². The van der Waals surface area contributed by atoms with Crippen LogP contribution < -0.4 is 0 Å². The molecule has 0 amide bonds. The van der Waals surface area contributed by atoms with E-state index in [1.807, 2.05) is 12.1 Å². The van der Waals surface area contributed by atoms with Crippen LogP contribution in [0.25, 0.3) is 33.4 Å². The standard InChI is InChI=1S/C40H46O2/c41-39-35(29-17-9-3-1-4-10-18-29)25-33(27-37(39)31-21-13-7-14-22-31)34-26-36(30-19-11-5-2-6-12-20-30)40(42)38(28-34)32-23-15-8-16-24-32/h7-8,13-16,21-30,41-42H,1-6,9-12,17-20H2. The van der Waals surface area contributed by atoms with Crippen LogP contribution in [0.1, 0.15) is 113 Å². The summed E-state index contributed by atoms with van der Waals surface area (Å²) < 4.78 is 0. The highest BCUT2D eigenvalue weighted by molar-refractivity contribution is 5.84. The molecule has 6 rings (SSSR count). The van der Waals surface area contributed by atoms with Gasteiger partial charge in [0.15, 0.2) is 0 Å². The normalized spacial score (nSPS) is 17.6. The first-order valence-electron chi connectivity index (χ1n) is 16.5. The van der Waals surface area contributed by atoms with E-state index >= 15 is 0 Å². The number of aromatic hydroxyl groups is 2. The second-order valence-corrected chi connectivity index (χ2v) is 12.7. The van der Waals surface area contributed by atoms with E-state index in [1.54, 1.807) is 0 Å². The van der Waals surface area contributed by atoms with E-state index < -0.39 is 0 Å². The SMILES string of the molecule is Oc1c(-c2ccccc2)cc(-c2cc(-c3ccccc3)c(O)c(C3CCCCCCC3)c2)cc1C1CCCCCCC1. The Morgan fingerprint density at radius 2 is 0.714 bits per heavy atom. The first-order valence-corrected chi connectivity index (χ1v) is 16.5. The smallest absolute Gasteiger partial charge is 0.126 e. The Bertz CT molecular complexity index is 1330. The van der Waals surface area contributed by atoms with Gasteiger partial charge in [-0.2, -0.15) is 0 Å². The number of phenolic OH excluding ortho intramolecular Hbond substituents is 2. The van der Waals surface area contributed by atoms with Gasteiger partial charge in [-0.1, -0.05) is 125 Å². The minimum absolute atomic E-state index is 0.364. The Hall–Kier alpha value is -3.52. The lowest BCUT2D eigenvalue weighted by atomic mass is 9.80. The molecule has 0 aliphatic heterocycles. The molecule has 2 aliphatic carbocycles. The Kier molecular flexibility index (Phi) is 9.28. The van der Waals surface area contributed by atoms with Crippen molar-refractivity contribution < 1.29 is 10.2 Å². The van der Waals surface area contributed by atoms with Crippen LogP contribution in [-0.2, 0) is 0 Å². The maximum Gasteiger partial charge on any atom is 0.126 e. The molecule has 2 aliphatic rings. The molecule has 0 aromatic heterocycles. The molecule has 2 N–H and O–H groups in total. The van der Waals surface area contributed by atoms with E-state index in [2.05, 4.69) is 72.8 Å². The van der Waals surface area contributed by atoms with Gasteiger partial charge in [-0.3, -0.25) is 0 Å². The van der Waals surface area contributed by atoms with Gasteiger partial charge >= 0.3 is 0 Å². The molecule has 0 atom stereocenters. The minimum Gasteiger partial charge on any atom is -0.507 e. The van der Waals surface area contributed by atoms with E-state index in [0.29, 0.717) is 23.3 Å². The van der Waals surface area contributed by atoms with Gasteiger partial charge in [0.05, 0.1) is 0 Å². The van der Waals surface area contributed by atoms with Crippen molar-refractivity contribution in [2.75, 3.05) is 0 Å². The van der Waals surface area contributed by atoms with Crippen LogP contribution in [0.2, 0.25) is 0 Å². The van der Waals surface area contributed by atoms with Gasteiger partial charge in [0.25, 0.3) is 0 Å². The van der Waals surface area contributed by atoms with Gasteiger partial charge in [0.2, 0.25) is 0 Å². The highest BCUT2D eigenvalue weighted by Crippen LogP contribution is 2.47. The summed E-state index contributed by atoms with van der Waals surface area (Å²) in [5.74, 6) is 1.61. The summed E-state index contributed by atoms with van der Waals surface area (Å²) in [7, 11) is 0. The largest absolute Gasteiger partial charge is 0.507 e. The highest BCUT2D eigenvalue weighted by atomic mass is 16.3. The van der Waals surface area contributed by atoms with E-state index in [1.165, 1.54) is 64.2 Å². The summed E-state index contributed by atoms with van der Waals surface area (Å²) >= 11 is 0. The first kappa shape index (κ1) is 28.6. The molecule has 0 saturated heterocycles. The molecule has 218 valence electrons. The molecule has 2 nitrogen and oxygen atoms in total. The van der Waals surface area contributed by atoms with Crippen LogP contribution in [0.3, 0.4) is 0 Å². The molecule has 4 aromatic carbocycles. The Morgan fingerprint density at radius 1 is 0.381 bits per heavy atom. The lowest BCUT2D eigenvalue weighted by Crippen LogP contribution is -2.05. The fourth-order valence-electron chi connectivity index (χ4n) is 7.48. The van der Waals surface area contributed by atoms with Crippen molar-refractivity contribution in [1.29, 1.82) is 0 Å². The molecule has 4 aromatic rings. The summed E-state index contributed by atoms with van der Waals surface area (Å²) in [6, 6.07) is 29.6. The zero-order valence-electron chi connectivity index (χ0n) is 25.0. The monoisotopic (exact) mass is 558 g/mol. The van der Waals surface area contributed by atoms with Crippen LogP contribution >= 0.6 is 0 Å².